The average molecular weight is 259 g/mol. The third kappa shape index (κ3) is 3.19. The number of aryl methyl sites for hydroxylation is 1. The minimum atomic E-state index is -0.490. The molecule has 3 N–H and O–H groups in total. The van der Waals surface area contributed by atoms with Crippen LogP contribution in [-0.2, 0) is 6.54 Å². The maximum absolute atomic E-state index is 11.8. The number of benzene rings is 1. The van der Waals surface area contributed by atoms with E-state index < -0.39 is 5.91 Å². The summed E-state index contributed by atoms with van der Waals surface area (Å²) < 4.78 is 0. The lowest BCUT2D eigenvalue weighted by Crippen LogP contribution is -2.23. The zero-order chi connectivity index (χ0) is 13.8. The first kappa shape index (κ1) is 12.8. The summed E-state index contributed by atoms with van der Waals surface area (Å²) in [6.45, 7) is 2.02. The highest BCUT2D eigenvalue weighted by Crippen LogP contribution is 2.21. The summed E-state index contributed by atoms with van der Waals surface area (Å²) in [5, 5.41) is 21.4. The first-order valence-corrected chi connectivity index (χ1v) is 5.64. The zero-order valence-corrected chi connectivity index (χ0v) is 10.3. The van der Waals surface area contributed by atoms with Gasteiger partial charge in [0.25, 0.3) is 5.91 Å². The molecule has 0 unspecified atom stereocenters. The predicted molar refractivity (Wildman–Crippen MR) is 67.7 cm³/mol. The largest absolute Gasteiger partial charge is 0.508 e. The standard InChI is InChI=1S/C13H13N3O3/c1-8-5-15-9(6-14-8)7-16-13(19)11-4-10(17)2-3-12(11)18/h2-6,17-18H,7H2,1H3,(H,16,19). The average Bonchev–Trinajstić information content (AvgIpc) is 2.40. The Morgan fingerprint density at radius 1 is 1.26 bits per heavy atom. The van der Waals surface area contributed by atoms with Crippen molar-refractivity contribution in [1.82, 2.24) is 15.3 Å². The molecule has 0 saturated carbocycles. The fourth-order valence-electron chi connectivity index (χ4n) is 1.48. The number of phenols is 2. The number of nitrogens with one attached hydrogen (secondary N) is 1. The number of hydrogen-bond acceptors (Lipinski definition) is 5. The zero-order valence-electron chi connectivity index (χ0n) is 10.3. The molecule has 6 heteroatoms. The van der Waals surface area contributed by atoms with E-state index in [1.54, 1.807) is 12.4 Å². The van der Waals surface area contributed by atoms with Gasteiger partial charge in [0, 0.05) is 6.20 Å². The second-order valence-corrected chi connectivity index (χ2v) is 4.03. The van der Waals surface area contributed by atoms with Gasteiger partial charge >= 0.3 is 0 Å². The van der Waals surface area contributed by atoms with E-state index >= 15 is 0 Å². The van der Waals surface area contributed by atoms with Crippen LogP contribution in [0.4, 0.5) is 0 Å². The Balaban J connectivity index is 2.05. The maximum Gasteiger partial charge on any atom is 0.255 e. The van der Waals surface area contributed by atoms with Crippen LogP contribution in [0.3, 0.4) is 0 Å². The molecular weight excluding hydrogens is 246 g/mol. The number of aromatic hydroxyl groups is 2. The van der Waals surface area contributed by atoms with Crippen molar-refractivity contribution >= 4 is 5.91 Å². The van der Waals surface area contributed by atoms with E-state index in [4.69, 9.17) is 0 Å². The van der Waals surface area contributed by atoms with Crippen molar-refractivity contribution in [2.24, 2.45) is 0 Å². The van der Waals surface area contributed by atoms with Crippen LogP contribution in [0, 0.1) is 6.92 Å². The van der Waals surface area contributed by atoms with Crippen molar-refractivity contribution in [2.75, 3.05) is 0 Å². The summed E-state index contributed by atoms with van der Waals surface area (Å²) in [7, 11) is 0. The van der Waals surface area contributed by atoms with Crippen LogP contribution in [0.2, 0.25) is 0 Å². The van der Waals surface area contributed by atoms with Gasteiger partial charge in [-0.2, -0.15) is 0 Å². The number of phenolic OH excluding ortho intramolecular Hbond substituents is 2. The molecule has 6 nitrogen and oxygen atoms in total. The van der Waals surface area contributed by atoms with Gasteiger partial charge in [0.2, 0.25) is 0 Å². The van der Waals surface area contributed by atoms with Gasteiger partial charge in [-0.3, -0.25) is 14.8 Å². The number of nitrogens with zero attached hydrogens (tertiary/aromatic N) is 2. The van der Waals surface area contributed by atoms with Gasteiger partial charge in [-0.25, -0.2) is 0 Å². The van der Waals surface area contributed by atoms with Gasteiger partial charge in [-0.15, -0.1) is 0 Å². The van der Waals surface area contributed by atoms with Crippen LogP contribution in [0.1, 0.15) is 21.7 Å². The van der Waals surface area contributed by atoms with Crippen LogP contribution >= 0.6 is 0 Å². The second kappa shape index (κ2) is 5.34. The molecule has 0 spiro atoms. The number of amides is 1. The number of rotatable bonds is 3. The minimum Gasteiger partial charge on any atom is -0.508 e. The number of hydrogen-bond donors (Lipinski definition) is 3. The molecule has 0 aliphatic heterocycles. The van der Waals surface area contributed by atoms with Crippen molar-refractivity contribution < 1.29 is 15.0 Å². The van der Waals surface area contributed by atoms with E-state index in [1.165, 1.54) is 18.2 Å². The molecule has 19 heavy (non-hydrogen) atoms. The Hall–Kier alpha value is -2.63. The van der Waals surface area contributed by atoms with E-state index in [2.05, 4.69) is 15.3 Å². The summed E-state index contributed by atoms with van der Waals surface area (Å²) in [5.41, 5.74) is 1.42. The molecule has 1 aromatic carbocycles. The molecule has 2 aromatic rings. The van der Waals surface area contributed by atoms with Gasteiger partial charge in [-0.05, 0) is 25.1 Å². The first-order valence-electron chi connectivity index (χ1n) is 5.64. The highest BCUT2D eigenvalue weighted by atomic mass is 16.3. The molecule has 0 fully saturated rings. The summed E-state index contributed by atoms with van der Waals surface area (Å²) in [6.07, 6.45) is 3.17. The lowest BCUT2D eigenvalue weighted by Gasteiger charge is -2.07. The van der Waals surface area contributed by atoms with Crippen LogP contribution < -0.4 is 5.32 Å². The summed E-state index contributed by atoms with van der Waals surface area (Å²) in [6, 6.07) is 3.76. The summed E-state index contributed by atoms with van der Waals surface area (Å²) in [4.78, 5) is 20.0. The van der Waals surface area contributed by atoms with E-state index in [1.807, 2.05) is 6.92 Å². The normalized spacial score (nSPS) is 10.2. The quantitative estimate of drug-likeness (QED) is 0.718. The van der Waals surface area contributed by atoms with Crippen molar-refractivity contribution in [3.63, 3.8) is 0 Å². The molecule has 98 valence electrons. The molecule has 1 amide bonds. The molecule has 2 rings (SSSR count). The van der Waals surface area contributed by atoms with Gasteiger partial charge in [0.1, 0.15) is 11.5 Å². The topological polar surface area (TPSA) is 95.3 Å². The maximum atomic E-state index is 11.8. The number of aromatic nitrogens is 2. The molecule has 0 radical (unpaired) electrons. The van der Waals surface area contributed by atoms with Crippen molar-refractivity contribution in [3.05, 3.63) is 47.5 Å². The Kier molecular flexibility index (Phi) is 3.61. The van der Waals surface area contributed by atoms with Crippen LogP contribution in [-0.4, -0.2) is 26.1 Å². The van der Waals surface area contributed by atoms with Gasteiger partial charge < -0.3 is 15.5 Å². The highest BCUT2D eigenvalue weighted by molar-refractivity contribution is 5.97. The van der Waals surface area contributed by atoms with Gasteiger partial charge in [-0.1, -0.05) is 0 Å². The van der Waals surface area contributed by atoms with Gasteiger partial charge in [0.15, 0.2) is 0 Å². The Morgan fingerprint density at radius 3 is 2.74 bits per heavy atom. The van der Waals surface area contributed by atoms with Crippen molar-refractivity contribution in [3.8, 4) is 11.5 Å². The molecule has 1 heterocycles. The molecule has 0 aliphatic rings. The second-order valence-electron chi connectivity index (χ2n) is 4.03. The molecular formula is C13H13N3O3. The summed E-state index contributed by atoms with van der Waals surface area (Å²) >= 11 is 0. The molecule has 0 atom stereocenters. The van der Waals surface area contributed by atoms with Crippen molar-refractivity contribution in [1.29, 1.82) is 0 Å². The third-order valence-corrected chi connectivity index (χ3v) is 2.49. The monoisotopic (exact) mass is 259 g/mol. The van der Waals surface area contributed by atoms with Gasteiger partial charge in [0.05, 0.1) is 29.7 Å². The fraction of sp³-hybridized carbons (Fsp3) is 0.154. The highest BCUT2D eigenvalue weighted by Gasteiger charge is 2.11. The Bertz CT molecular complexity index is 597. The first-order chi connectivity index (χ1) is 9.06. The third-order valence-electron chi connectivity index (χ3n) is 2.49. The molecule has 0 bridgehead atoms. The molecule has 1 aromatic heterocycles. The predicted octanol–water partition coefficient (Wildman–Crippen LogP) is 1.13. The number of carbonyl (C=O) groups is 1. The van der Waals surface area contributed by atoms with E-state index in [0.29, 0.717) is 5.69 Å². The minimum absolute atomic E-state index is 0.0140. The SMILES string of the molecule is Cc1cnc(CNC(=O)c2cc(O)ccc2O)cn1. The van der Waals surface area contributed by atoms with E-state index in [0.717, 1.165) is 5.69 Å². The Morgan fingerprint density at radius 2 is 2.05 bits per heavy atom. The van der Waals surface area contributed by atoms with Crippen LogP contribution in [0.25, 0.3) is 0 Å². The molecule has 0 saturated heterocycles. The smallest absolute Gasteiger partial charge is 0.255 e. The molecule has 0 aliphatic carbocycles. The lowest BCUT2D eigenvalue weighted by molar-refractivity contribution is 0.0947. The van der Waals surface area contributed by atoms with Crippen molar-refractivity contribution in [2.45, 2.75) is 13.5 Å². The van der Waals surface area contributed by atoms with Crippen LogP contribution in [0.5, 0.6) is 11.5 Å². The summed E-state index contributed by atoms with van der Waals surface area (Å²) in [5.74, 6) is -0.765. The fourth-order valence-corrected chi connectivity index (χ4v) is 1.48. The number of carbonyl (C=O) groups excluding carboxylic acids is 1. The van der Waals surface area contributed by atoms with E-state index in [-0.39, 0.29) is 23.6 Å². The van der Waals surface area contributed by atoms with E-state index in [9.17, 15) is 15.0 Å². The Labute approximate surface area is 109 Å². The lowest BCUT2D eigenvalue weighted by atomic mass is 10.1. The van der Waals surface area contributed by atoms with Crippen LogP contribution in [0.15, 0.2) is 30.6 Å².